The molecular formula is C22H19N7O2. The van der Waals surface area contributed by atoms with E-state index in [1.165, 1.54) is 0 Å². The fourth-order valence-electron chi connectivity index (χ4n) is 3.54. The average Bonchev–Trinajstić information content (AvgIpc) is 3.34. The Hall–Kier alpha value is -4.03. The number of nitrogens with zero attached hydrogens (tertiary/aromatic N) is 7. The second-order valence-corrected chi connectivity index (χ2v) is 7.06. The first-order valence-electron chi connectivity index (χ1n) is 9.66. The number of rotatable bonds is 3. The lowest BCUT2D eigenvalue weighted by atomic mass is 10.1. The van der Waals surface area contributed by atoms with Crippen molar-refractivity contribution in [1.82, 2.24) is 34.5 Å². The van der Waals surface area contributed by atoms with Gasteiger partial charge in [0, 0.05) is 12.7 Å². The van der Waals surface area contributed by atoms with Gasteiger partial charge in [0.2, 0.25) is 0 Å². The molecular weight excluding hydrogens is 394 g/mol. The van der Waals surface area contributed by atoms with Gasteiger partial charge in [-0.05, 0) is 49.1 Å². The van der Waals surface area contributed by atoms with E-state index in [2.05, 4.69) is 37.2 Å². The molecule has 3 aromatic heterocycles. The molecule has 0 spiro atoms. The Morgan fingerprint density at radius 2 is 1.94 bits per heavy atom. The number of aromatic nitrogens is 7. The van der Waals surface area contributed by atoms with Gasteiger partial charge >= 0.3 is 0 Å². The van der Waals surface area contributed by atoms with Crippen molar-refractivity contribution in [2.24, 2.45) is 0 Å². The zero-order valence-electron chi connectivity index (χ0n) is 17.3. The first-order valence-corrected chi connectivity index (χ1v) is 9.66. The highest BCUT2D eigenvalue weighted by Crippen LogP contribution is 2.34. The summed E-state index contributed by atoms with van der Waals surface area (Å²) in [7, 11) is 3.28. The predicted octanol–water partition coefficient (Wildman–Crippen LogP) is 2.15. The van der Waals surface area contributed by atoms with E-state index < -0.39 is 0 Å². The second kappa shape index (κ2) is 7.66. The van der Waals surface area contributed by atoms with Crippen molar-refractivity contribution in [3.63, 3.8) is 0 Å². The summed E-state index contributed by atoms with van der Waals surface area (Å²) in [6.45, 7) is 2.74. The number of hydrogen-bond acceptors (Lipinski definition) is 7. The largest absolute Gasteiger partial charge is 0.497 e. The Morgan fingerprint density at radius 3 is 2.71 bits per heavy atom. The molecule has 0 atom stereocenters. The van der Waals surface area contributed by atoms with Crippen LogP contribution >= 0.6 is 0 Å². The first-order chi connectivity index (χ1) is 15.2. The van der Waals surface area contributed by atoms with Crippen molar-refractivity contribution in [2.45, 2.75) is 20.1 Å². The molecule has 0 fully saturated rings. The Labute approximate surface area is 178 Å². The van der Waals surface area contributed by atoms with Gasteiger partial charge < -0.3 is 14.0 Å². The molecule has 0 amide bonds. The quantitative estimate of drug-likeness (QED) is 0.419. The lowest BCUT2D eigenvalue weighted by Gasteiger charge is -2.09. The van der Waals surface area contributed by atoms with Gasteiger partial charge in [-0.2, -0.15) is 5.10 Å². The maximum absolute atomic E-state index is 5.44. The van der Waals surface area contributed by atoms with Crippen LogP contribution in [-0.2, 0) is 17.9 Å². The van der Waals surface area contributed by atoms with Crippen molar-refractivity contribution in [2.75, 3.05) is 14.2 Å². The molecule has 4 heterocycles. The van der Waals surface area contributed by atoms with Crippen LogP contribution in [0.25, 0.3) is 17.1 Å². The van der Waals surface area contributed by atoms with E-state index in [4.69, 9.17) is 9.47 Å². The summed E-state index contributed by atoms with van der Waals surface area (Å²) >= 11 is 0. The highest BCUT2D eigenvalue weighted by atomic mass is 16.5. The molecule has 154 valence electrons. The molecule has 4 aromatic rings. The van der Waals surface area contributed by atoms with Gasteiger partial charge in [0.05, 0.1) is 30.7 Å². The van der Waals surface area contributed by atoms with Crippen LogP contribution in [0.3, 0.4) is 0 Å². The SMILES string of the molecule is COCc1nnc2n1Cc1c(C#Cc3ccc(C)nn3)ncn1-c1ccc(OC)cc1-2. The summed E-state index contributed by atoms with van der Waals surface area (Å²) in [5.41, 5.74) is 4.86. The van der Waals surface area contributed by atoms with Crippen LogP contribution in [0.1, 0.15) is 28.6 Å². The Bertz CT molecular complexity index is 1330. The lowest BCUT2D eigenvalue weighted by Crippen LogP contribution is -2.09. The van der Waals surface area contributed by atoms with Crippen LogP contribution in [0, 0.1) is 18.8 Å². The molecule has 1 aliphatic heterocycles. The molecule has 1 aliphatic rings. The lowest BCUT2D eigenvalue weighted by molar-refractivity contribution is 0.174. The highest BCUT2D eigenvalue weighted by Gasteiger charge is 2.26. The number of hydrogen-bond donors (Lipinski definition) is 0. The molecule has 0 radical (unpaired) electrons. The maximum atomic E-state index is 5.44. The number of methoxy groups -OCH3 is 2. The van der Waals surface area contributed by atoms with Crippen molar-refractivity contribution in [3.8, 4) is 34.7 Å². The fourth-order valence-corrected chi connectivity index (χ4v) is 3.54. The van der Waals surface area contributed by atoms with Crippen LogP contribution in [0.4, 0.5) is 0 Å². The summed E-state index contributed by atoms with van der Waals surface area (Å²) in [6.07, 6.45) is 1.78. The monoisotopic (exact) mass is 413 g/mol. The van der Waals surface area contributed by atoms with Crippen LogP contribution < -0.4 is 4.74 Å². The van der Waals surface area contributed by atoms with E-state index in [-0.39, 0.29) is 0 Å². The third-order valence-electron chi connectivity index (χ3n) is 5.09. The standard InChI is InChI=1S/C22H19N7O2/c1-14-4-5-15(25-24-14)6-8-18-20-11-28-21(12-30-2)26-27-22(28)17-10-16(31-3)7-9-19(17)29(20)13-23-18/h4-5,7,9-10,13H,11-12H2,1-3H3. The van der Waals surface area contributed by atoms with E-state index in [0.717, 1.165) is 40.0 Å². The molecule has 0 unspecified atom stereocenters. The van der Waals surface area contributed by atoms with Crippen LogP contribution in [-0.4, -0.2) is 48.7 Å². The van der Waals surface area contributed by atoms with Gasteiger partial charge in [-0.3, -0.25) is 4.57 Å². The highest BCUT2D eigenvalue weighted by molar-refractivity contribution is 5.71. The first kappa shape index (κ1) is 19.0. The third-order valence-corrected chi connectivity index (χ3v) is 5.09. The van der Waals surface area contributed by atoms with Crippen molar-refractivity contribution in [1.29, 1.82) is 0 Å². The minimum Gasteiger partial charge on any atom is -0.497 e. The van der Waals surface area contributed by atoms with Crippen LogP contribution in [0.2, 0.25) is 0 Å². The summed E-state index contributed by atoms with van der Waals surface area (Å²) in [6, 6.07) is 9.59. The molecule has 1 aromatic carbocycles. The van der Waals surface area contributed by atoms with Crippen molar-refractivity contribution < 1.29 is 9.47 Å². The van der Waals surface area contributed by atoms with E-state index in [0.29, 0.717) is 24.5 Å². The number of fused-ring (bicyclic) bond motifs is 5. The van der Waals surface area contributed by atoms with E-state index >= 15 is 0 Å². The molecule has 5 rings (SSSR count). The molecule has 9 heteroatoms. The molecule has 0 bridgehead atoms. The van der Waals surface area contributed by atoms with Crippen LogP contribution in [0.5, 0.6) is 5.75 Å². The summed E-state index contributed by atoms with van der Waals surface area (Å²) in [4.78, 5) is 4.57. The minimum absolute atomic E-state index is 0.348. The fraction of sp³-hybridized carbons (Fsp3) is 0.227. The number of imidazole rings is 1. The summed E-state index contributed by atoms with van der Waals surface area (Å²) < 4.78 is 14.8. The zero-order chi connectivity index (χ0) is 21.4. The van der Waals surface area contributed by atoms with Gasteiger partial charge in [0.15, 0.2) is 11.6 Å². The number of aryl methyl sites for hydroxylation is 1. The van der Waals surface area contributed by atoms with Gasteiger partial charge in [0.1, 0.15) is 30.1 Å². The normalized spacial score (nSPS) is 11.6. The smallest absolute Gasteiger partial charge is 0.166 e. The molecule has 0 saturated heterocycles. The molecule has 0 saturated carbocycles. The summed E-state index contributed by atoms with van der Waals surface area (Å²) in [5.74, 6) is 8.42. The Kier molecular flexibility index (Phi) is 4.69. The maximum Gasteiger partial charge on any atom is 0.166 e. The van der Waals surface area contributed by atoms with Crippen molar-refractivity contribution >= 4 is 0 Å². The summed E-state index contributed by atoms with van der Waals surface area (Å²) in [5, 5.41) is 16.9. The van der Waals surface area contributed by atoms with Crippen molar-refractivity contribution in [3.05, 3.63) is 65.3 Å². The second-order valence-electron chi connectivity index (χ2n) is 7.06. The number of ether oxygens (including phenoxy) is 2. The third kappa shape index (κ3) is 3.33. The number of benzene rings is 1. The Morgan fingerprint density at radius 1 is 1.03 bits per heavy atom. The molecule has 0 N–H and O–H groups in total. The van der Waals surface area contributed by atoms with E-state index in [1.807, 2.05) is 46.4 Å². The van der Waals surface area contributed by atoms with Gasteiger partial charge in [0.25, 0.3) is 0 Å². The van der Waals surface area contributed by atoms with Gasteiger partial charge in [-0.15, -0.1) is 15.3 Å². The van der Waals surface area contributed by atoms with Gasteiger partial charge in [-0.25, -0.2) is 4.98 Å². The molecule has 9 nitrogen and oxygen atoms in total. The van der Waals surface area contributed by atoms with E-state index in [1.54, 1.807) is 20.5 Å². The predicted molar refractivity (Wildman–Crippen MR) is 112 cm³/mol. The topological polar surface area (TPSA) is 92.8 Å². The Balaban J connectivity index is 1.67. The molecule has 0 aliphatic carbocycles. The minimum atomic E-state index is 0.348. The molecule has 31 heavy (non-hydrogen) atoms. The average molecular weight is 413 g/mol. The van der Waals surface area contributed by atoms with Gasteiger partial charge in [-0.1, -0.05) is 0 Å². The van der Waals surface area contributed by atoms with Crippen LogP contribution in [0.15, 0.2) is 36.7 Å². The zero-order valence-corrected chi connectivity index (χ0v) is 17.3. The van der Waals surface area contributed by atoms with E-state index in [9.17, 15) is 0 Å².